The third-order valence-electron chi connectivity index (χ3n) is 4.21. The maximum Gasteiger partial charge on any atom is 0.227 e. The zero-order valence-electron chi connectivity index (χ0n) is 12.5. The molecule has 2 aromatic rings. The third kappa shape index (κ3) is 2.19. The molecule has 0 bridgehead atoms. The highest BCUT2D eigenvalue weighted by molar-refractivity contribution is 5.57. The number of benzene rings is 1. The van der Waals surface area contributed by atoms with Gasteiger partial charge in [-0.15, -0.1) is 10.2 Å². The lowest BCUT2D eigenvalue weighted by atomic mass is 10.0. The third-order valence-corrected chi connectivity index (χ3v) is 4.21. The van der Waals surface area contributed by atoms with Gasteiger partial charge < -0.3 is 4.90 Å². The van der Waals surface area contributed by atoms with E-state index in [1.165, 1.54) is 12.8 Å². The van der Waals surface area contributed by atoms with E-state index in [0.29, 0.717) is 12.0 Å². The first kappa shape index (κ1) is 13.2. The molecule has 1 aliphatic rings. The van der Waals surface area contributed by atoms with Crippen molar-refractivity contribution in [3.63, 3.8) is 0 Å². The smallest absolute Gasteiger partial charge is 0.227 e. The standard InChI is InChI=1S/C16H22N4/c1-12(2)14-10-7-11-20(14)16-18-17-15(19(16)3)13-8-5-4-6-9-13/h4-6,8-9,12,14H,7,10-11H2,1-3H3/t14-/m0/s1. The van der Waals surface area contributed by atoms with Crippen molar-refractivity contribution in [2.24, 2.45) is 13.0 Å². The predicted octanol–water partition coefficient (Wildman–Crippen LogP) is 3.11. The molecule has 1 atom stereocenters. The summed E-state index contributed by atoms with van der Waals surface area (Å²) in [6, 6.07) is 10.8. The predicted molar refractivity (Wildman–Crippen MR) is 81.6 cm³/mol. The molecule has 1 aromatic heterocycles. The molecule has 1 saturated heterocycles. The molecule has 3 rings (SSSR count). The lowest BCUT2D eigenvalue weighted by molar-refractivity contribution is 0.484. The first-order chi connectivity index (χ1) is 9.68. The van der Waals surface area contributed by atoms with Gasteiger partial charge in [-0.25, -0.2) is 0 Å². The molecule has 0 amide bonds. The van der Waals surface area contributed by atoms with E-state index in [1.54, 1.807) is 0 Å². The molecule has 4 nitrogen and oxygen atoms in total. The van der Waals surface area contributed by atoms with E-state index in [4.69, 9.17) is 0 Å². The molecule has 0 saturated carbocycles. The topological polar surface area (TPSA) is 34.0 Å². The molecule has 1 fully saturated rings. The summed E-state index contributed by atoms with van der Waals surface area (Å²) in [5, 5.41) is 8.84. The monoisotopic (exact) mass is 270 g/mol. The highest BCUT2D eigenvalue weighted by atomic mass is 15.4. The van der Waals surface area contributed by atoms with E-state index in [1.807, 2.05) is 18.2 Å². The Kier molecular flexibility index (Phi) is 3.47. The summed E-state index contributed by atoms with van der Waals surface area (Å²) in [5.74, 6) is 2.59. The Labute approximate surface area is 120 Å². The van der Waals surface area contributed by atoms with Crippen molar-refractivity contribution in [2.75, 3.05) is 11.4 Å². The summed E-state index contributed by atoms with van der Waals surface area (Å²) in [6.07, 6.45) is 2.50. The molecular formula is C16H22N4. The zero-order chi connectivity index (χ0) is 14.1. The van der Waals surface area contributed by atoms with Crippen LogP contribution < -0.4 is 4.90 Å². The van der Waals surface area contributed by atoms with Crippen LogP contribution in [0.5, 0.6) is 0 Å². The first-order valence-electron chi connectivity index (χ1n) is 7.40. The van der Waals surface area contributed by atoms with Crippen LogP contribution in [0.25, 0.3) is 11.4 Å². The Morgan fingerprint density at radius 2 is 1.90 bits per heavy atom. The molecule has 106 valence electrons. The molecule has 1 aliphatic heterocycles. The minimum Gasteiger partial charge on any atom is -0.338 e. The number of hydrogen-bond acceptors (Lipinski definition) is 3. The summed E-state index contributed by atoms with van der Waals surface area (Å²) in [5.41, 5.74) is 1.12. The average molecular weight is 270 g/mol. The van der Waals surface area contributed by atoms with Gasteiger partial charge in [0.25, 0.3) is 0 Å². The van der Waals surface area contributed by atoms with Gasteiger partial charge in [-0.05, 0) is 18.8 Å². The Balaban J connectivity index is 1.95. The van der Waals surface area contributed by atoms with Crippen molar-refractivity contribution in [2.45, 2.75) is 32.7 Å². The van der Waals surface area contributed by atoms with Gasteiger partial charge in [-0.3, -0.25) is 4.57 Å². The van der Waals surface area contributed by atoms with Crippen LogP contribution in [0, 0.1) is 5.92 Å². The maximum absolute atomic E-state index is 4.45. The Morgan fingerprint density at radius 1 is 1.15 bits per heavy atom. The van der Waals surface area contributed by atoms with Crippen LogP contribution >= 0.6 is 0 Å². The second-order valence-electron chi connectivity index (χ2n) is 5.90. The SMILES string of the molecule is CC(C)[C@@H]1CCCN1c1nnc(-c2ccccc2)n1C. The fourth-order valence-electron chi connectivity index (χ4n) is 3.14. The molecule has 0 spiro atoms. The quantitative estimate of drug-likeness (QED) is 0.859. The molecule has 0 unspecified atom stereocenters. The minimum absolute atomic E-state index is 0.585. The fraction of sp³-hybridized carbons (Fsp3) is 0.500. The second kappa shape index (κ2) is 5.27. The van der Waals surface area contributed by atoms with Gasteiger partial charge in [0.2, 0.25) is 5.95 Å². The van der Waals surface area contributed by atoms with Gasteiger partial charge in [0.1, 0.15) is 0 Å². The Hall–Kier alpha value is -1.84. The molecule has 0 radical (unpaired) electrons. The van der Waals surface area contributed by atoms with Crippen molar-refractivity contribution in [3.05, 3.63) is 30.3 Å². The van der Waals surface area contributed by atoms with Gasteiger partial charge in [-0.2, -0.15) is 0 Å². The molecule has 1 aromatic carbocycles. The lowest BCUT2D eigenvalue weighted by Gasteiger charge is -2.28. The second-order valence-corrected chi connectivity index (χ2v) is 5.90. The highest BCUT2D eigenvalue weighted by Crippen LogP contribution is 2.30. The van der Waals surface area contributed by atoms with E-state index >= 15 is 0 Å². The van der Waals surface area contributed by atoms with Crippen molar-refractivity contribution < 1.29 is 0 Å². The maximum atomic E-state index is 4.45. The molecule has 20 heavy (non-hydrogen) atoms. The minimum atomic E-state index is 0.585. The Bertz CT molecular complexity index is 573. The van der Waals surface area contributed by atoms with Crippen LogP contribution in [-0.4, -0.2) is 27.4 Å². The van der Waals surface area contributed by atoms with Gasteiger partial charge in [0.05, 0.1) is 0 Å². The summed E-state index contributed by atoms with van der Waals surface area (Å²) in [6.45, 7) is 5.67. The first-order valence-corrected chi connectivity index (χ1v) is 7.40. The summed E-state index contributed by atoms with van der Waals surface area (Å²) in [4.78, 5) is 2.42. The lowest BCUT2D eigenvalue weighted by Crippen LogP contribution is -2.35. The van der Waals surface area contributed by atoms with Gasteiger partial charge in [0, 0.05) is 25.2 Å². The number of nitrogens with zero attached hydrogens (tertiary/aromatic N) is 4. The van der Waals surface area contributed by atoms with E-state index in [2.05, 4.69) is 52.7 Å². The highest BCUT2D eigenvalue weighted by Gasteiger charge is 2.30. The largest absolute Gasteiger partial charge is 0.338 e. The van der Waals surface area contributed by atoms with Crippen LogP contribution in [0.15, 0.2) is 30.3 Å². The molecule has 2 heterocycles. The average Bonchev–Trinajstić information content (AvgIpc) is 3.06. The van der Waals surface area contributed by atoms with Crippen LogP contribution in [0.1, 0.15) is 26.7 Å². The van der Waals surface area contributed by atoms with E-state index in [9.17, 15) is 0 Å². The van der Waals surface area contributed by atoms with Gasteiger partial charge in [0.15, 0.2) is 5.82 Å². The summed E-state index contributed by atoms with van der Waals surface area (Å²) in [7, 11) is 2.06. The number of rotatable bonds is 3. The number of aromatic nitrogens is 3. The van der Waals surface area contributed by atoms with Crippen LogP contribution in [0.4, 0.5) is 5.95 Å². The van der Waals surface area contributed by atoms with Crippen molar-refractivity contribution >= 4 is 5.95 Å². The van der Waals surface area contributed by atoms with Crippen molar-refractivity contribution in [1.82, 2.24) is 14.8 Å². The number of anilines is 1. The van der Waals surface area contributed by atoms with E-state index < -0.39 is 0 Å². The Morgan fingerprint density at radius 3 is 2.60 bits per heavy atom. The van der Waals surface area contributed by atoms with Crippen LogP contribution in [-0.2, 0) is 7.05 Å². The van der Waals surface area contributed by atoms with Crippen LogP contribution in [0.2, 0.25) is 0 Å². The molecule has 0 aliphatic carbocycles. The summed E-state index contributed by atoms with van der Waals surface area (Å²) < 4.78 is 2.12. The molecule has 0 N–H and O–H groups in total. The van der Waals surface area contributed by atoms with E-state index in [0.717, 1.165) is 23.9 Å². The molecular weight excluding hydrogens is 248 g/mol. The molecule has 4 heteroatoms. The van der Waals surface area contributed by atoms with Crippen molar-refractivity contribution in [3.8, 4) is 11.4 Å². The van der Waals surface area contributed by atoms with Crippen molar-refractivity contribution in [1.29, 1.82) is 0 Å². The van der Waals surface area contributed by atoms with Crippen LogP contribution in [0.3, 0.4) is 0 Å². The number of hydrogen-bond donors (Lipinski definition) is 0. The summed E-state index contributed by atoms with van der Waals surface area (Å²) >= 11 is 0. The van der Waals surface area contributed by atoms with Gasteiger partial charge in [-0.1, -0.05) is 44.2 Å². The normalized spacial score (nSPS) is 19.0. The van der Waals surface area contributed by atoms with E-state index in [-0.39, 0.29) is 0 Å². The fourth-order valence-corrected chi connectivity index (χ4v) is 3.14. The zero-order valence-corrected chi connectivity index (χ0v) is 12.5. The van der Waals surface area contributed by atoms with Gasteiger partial charge >= 0.3 is 0 Å².